The van der Waals surface area contributed by atoms with E-state index >= 15 is 0 Å². The van der Waals surface area contributed by atoms with Crippen LogP contribution in [0.25, 0.3) is 0 Å². The molecule has 1 rings (SSSR count). The summed E-state index contributed by atoms with van der Waals surface area (Å²) in [5.41, 5.74) is 1.07. The molecule has 0 spiro atoms. The lowest BCUT2D eigenvalue weighted by Crippen LogP contribution is -2.32. The summed E-state index contributed by atoms with van der Waals surface area (Å²) in [4.78, 5) is 11.3. The molecule has 0 aliphatic rings. The molecule has 0 radical (unpaired) electrons. The summed E-state index contributed by atoms with van der Waals surface area (Å²) in [6.45, 7) is 0.380. The monoisotopic (exact) mass is 266 g/mol. The maximum Gasteiger partial charge on any atom is 0.235 e. The fraction of sp³-hybridized carbons (Fsp3) is 0.333. The van der Waals surface area contributed by atoms with Crippen LogP contribution in [0.2, 0.25) is 0 Å². The Labute approximate surface area is 106 Å². The first-order chi connectivity index (χ1) is 8.53. The Morgan fingerprint density at radius 3 is 2.56 bits per heavy atom. The average Bonchev–Trinajstić information content (AvgIpc) is 2.29. The van der Waals surface area contributed by atoms with Gasteiger partial charge in [-0.1, -0.05) is 30.3 Å². The third kappa shape index (κ3) is 5.46. The molecule has 0 aromatic heterocycles. The summed E-state index contributed by atoms with van der Waals surface area (Å²) in [5, 5.41) is 10.8. The van der Waals surface area contributed by atoms with Gasteiger partial charge < -0.3 is 5.32 Å². The van der Waals surface area contributed by atoms with Crippen molar-refractivity contribution >= 4 is 15.7 Å². The van der Waals surface area contributed by atoms with Crippen LogP contribution in [0.15, 0.2) is 30.3 Å². The van der Waals surface area contributed by atoms with Crippen molar-refractivity contribution in [2.45, 2.75) is 6.42 Å². The number of rotatable bonds is 6. The number of carbonyl (C=O) groups is 1. The van der Waals surface area contributed by atoms with E-state index in [0.29, 0.717) is 13.0 Å². The summed E-state index contributed by atoms with van der Waals surface area (Å²) >= 11 is 0. The van der Waals surface area contributed by atoms with Crippen molar-refractivity contribution in [1.29, 1.82) is 5.26 Å². The Morgan fingerprint density at radius 1 is 1.28 bits per heavy atom. The predicted molar refractivity (Wildman–Crippen MR) is 67.4 cm³/mol. The first-order valence-electron chi connectivity index (χ1n) is 5.41. The molecule has 0 heterocycles. The van der Waals surface area contributed by atoms with Gasteiger partial charge in [0, 0.05) is 6.54 Å². The Balaban J connectivity index is 2.33. The quantitative estimate of drug-likeness (QED) is 0.801. The van der Waals surface area contributed by atoms with Gasteiger partial charge in [0.1, 0.15) is 11.5 Å². The lowest BCUT2D eigenvalue weighted by Gasteiger charge is -2.04. The Hall–Kier alpha value is -1.87. The molecule has 1 aromatic carbocycles. The van der Waals surface area contributed by atoms with Gasteiger partial charge in [0.25, 0.3) is 0 Å². The molecule has 0 fully saturated rings. The number of nitriles is 1. The highest BCUT2D eigenvalue weighted by Gasteiger charge is 2.15. The van der Waals surface area contributed by atoms with E-state index in [4.69, 9.17) is 5.26 Å². The Bertz CT molecular complexity index is 532. The standard InChI is InChI=1S/C12H14N2O3S/c13-7-9-18(16,17)10-12(15)14-8-6-11-4-2-1-3-5-11/h1-5H,6,8-10H2,(H,14,15). The zero-order valence-electron chi connectivity index (χ0n) is 9.80. The minimum atomic E-state index is -3.60. The van der Waals surface area contributed by atoms with Crippen LogP contribution in [0, 0.1) is 11.3 Å². The molecular weight excluding hydrogens is 252 g/mol. The van der Waals surface area contributed by atoms with Gasteiger partial charge in [-0.25, -0.2) is 8.42 Å². The van der Waals surface area contributed by atoms with Crippen LogP contribution in [0.4, 0.5) is 0 Å². The summed E-state index contributed by atoms with van der Waals surface area (Å²) in [6.07, 6.45) is 0.644. The third-order valence-corrected chi connectivity index (χ3v) is 3.49. The molecule has 1 amide bonds. The number of carbonyl (C=O) groups excluding carboxylic acids is 1. The van der Waals surface area contributed by atoms with E-state index in [1.165, 1.54) is 6.07 Å². The van der Waals surface area contributed by atoms with Gasteiger partial charge >= 0.3 is 0 Å². The summed E-state index contributed by atoms with van der Waals surface area (Å²) in [6, 6.07) is 11.1. The minimum absolute atomic E-state index is 0.380. The van der Waals surface area contributed by atoms with Gasteiger partial charge in [-0.2, -0.15) is 5.26 Å². The lowest BCUT2D eigenvalue weighted by atomic mass is 10.1. The molecule has 1 N–H and O–H groups in total. The Kier molecular flexibility index (Phi) is 5.33. The van der Waals surface area contributed by atoms with Gasteiger partial charge in [-0.3, -0.25) is 4.79 Å². The van der Waals surface area contributed by atoms with Crippen LogP contribution in [0.5, 0.6) is 0 Å². The van der Waals surface area contributed by atoms with Crippen LogP contribution in [0.1, 0.15) is 5.56 Å². The number of hydrogen-bond acceptors (Lipinski definition) is 4. The molecule has 0 aliphatic carbocycles. The largest absolute Gasteiger partial charge is 0.355 e. The van der Waals surface area contributed by atoms with Gasteiger partial charge in [-0.05, 0) is 12.0 Å². The minimum Gasteiger partial charge on any atom is -0.355 e. The highest BCUT2D eigenvalue weighted by molar-refractivity contribution is 7.92. The highest BCUT2D eigenvalue weighted by atomic mass is 32.2. The number of nitrogens with one attached hydrogen (secondary N) is 1. The first-order valence-corrected chi connectivity index (χ1v) is 7.23. The van der Waals surface area contributed by atoms with Crippen molar-refractivity contribution in [1.82, 2.24) is 5.32 Å². The zero-order chi connectivity index (χ0) is 13.4. The number of hydrogen-bond donors (Lipinski definition) is 1. The van der Waals surface area contributed by atoms with Crippen LogP contribution in [-0.2, 0) is 21.1 Å². The highest BCUT2D eigenvalue weighted by Crippen LogP contribution is 1.98. The van der Waals surface area contributed by atoms with Crippen molar-refractivity contribution in [3.8, 4) is 6.07 Å². The smallest absolute Gasteiger partial charge is 0.235 e. The number of nitrogens with zero attached hydrogens (tertiary/aromatic N) is 1. The molecule has 0 atom stereocenters. The molecule has 18 heavy (non-hydrogen) atoms. The second-order valence-electron chi connectivity index (χ2n) is 3.78. The predicted octanol–water partition coefficient (Wildman–Crippen LogP) is 0.284. The summed E-state index contributed by atoms with van der Waals surface area (Å²) < 4.78 is 22.4. The SMILES string of the molecule is N#CCS(=O)(=O)CC(=O)NCCc1ccccc1. The molecule has 96 valence electrons. The van der Waals surface area contributed by atoms with Crippen molar-refractivity contribution < 1.29 is 13.2 Å². The molecule has 0 unspecified atom stereocenters. The molecule has 5 nitrogen and oxygen atoms in total. The number of sulfone groups is 1. The van der Waals surface area contributed by atoms with Crippen molar-refractivity contribution in [2.24, 2.45) is 0 Å². The van der Waals surface area contributed by atoms with E-state index in [9.17, 15) is 13.2 Å². The summed E-state index contributed by atoms with van der Waals surface area (Å²) in [5.74, 6) is -1.82. The van der Waals surface area contributed by atoms with E-state index < -0.39 is 27.3 Å². The first kappa shape index (κ1) is 14.2. The van der Waals surface area contributed by atoms with Crippen LogP contribution in [-0.4, -0.2) is 32.4 Å². The van der Waals surface area contributed by atoms with Crippen molar-refractivity contribution in [3.63, 3.8) is 0 Å². The molecule has 0 saturated carbocycles. The third-order valence-electron chi connectivity index (χ3n) is 2.21. The molecule has 0 bridgehead atoms. The van der Waals surface area contributed by atoms with Gasteiger partial charge in [-0.15, -0.1) is 0 Å². The second kappa shape index (κ2) is 6.77. The van der Waals surface area contributed by atoms with Gasteiger partial charge in [0.05, 0.1) is 6.07 Å². The molecule has 0 saturated heterocycles. The van der Waals surface area contributed by atoms with E-state index in [1.807, 2.05) is 30.3 Å². The summed E-state index contributed by atoms with van der Waals surface area (Å²) in [7, 11) is -3.60. The Morgan fingerprint density at radius 2 is 1.94 bits per heavy atom. The fourth-order valence-corrected chi connectivity index (χ4v) is 2.19. The number of benzene rings is 1. The maximum atomic E-state index is 11.3. The molecule has 0 aliphatic heterocycles. The van der Waals surface area contributed by atoms with E-state index in [0.717, 1.165) is 5.56 Å². The van der Waals surface area contributed by atoms with E-state index in [2.05, 4.69) is 5.32 Å². The van der Waals surface area contributed by atoms with Crippen molar-refractivity contribution in [2.75, 3.05) is 18.1 Å². The van der Waals surface area contributed by atoms with Crippen molar-refractivity contribution in [3.05, 3.63) is 35.9 Å². The van der Waals surface area contributed by atoms with Crippen LogP contribution < -0.4 is 5.32 Å². The van der Waals surface area contributed by atoms with Crippen LogP contribution in [0.3, 0.4) is 0 Å². The zero-order valence-corrected chi connectivity index (χ0v) is 10.6. The van der Waals surface area contributed by atoms with Crippen LogP contribution >= 0.6 is 0 Å². The normalized spacial score (nSPS) is 10.6. The van der Waals surface area contributed by atoms with Gasteiger partial charge in [0.15, 0.2) is 9.84 Å². The van der Waals surface area contributed by atoms with E-state index in [-0.39, 0.29) is 0 Å². The molecule has 1 aromatic rings. The molecular formula is C12H14N2O3S. The fourth-order valence-electron chi connectivity index (χ4n) is 1.39. The molecule has 6 heteroatoms. The van der Waals surface area contributed by atoms with Gasteiger partial charge in [0.2, 0.25) is 5.91 Å². The second-order valence-corrected chi connectivity index (χ2v) is 5.84. The lowest BCUT2D eigenvalue weighted by molar-refractivity contribution is -0.118. The average molecular weight is 266 g/mol. The topological polar surface area (TPSA) is 87.0 Å². The number of amides is 1. The maximum absolute atomic E-state index is 11.3. The van der Waals surface area contributed by atoms with E-state index in [1.54, 1.807) is 0 Å².